The van der Waals surface area contributed by atoms with E-state index >= 15 is 0 Å². The Hall–Kier alpha value is -1.30. The van der Waals surface area contributed by atoms with E-state index in [1.54, 1.807) is 12.0 Å². The predicted molar refractivity (Wildman–Crippen MR) is 82.4 cm³/mol. The van der Waals surface area contributed by atoms with Gasteiger partial charge in [0, 0.05) is 32.7 Å². The third kappa shape index (κ3) is 9.28. The van der Waals surface area contributed by atoms with Crippen LogP contribution in [-0.4, -0.2) is 54.9 Å². The van der Waals surface area contributed by atoms with Gasteiger partial charge in [-0.15, -0.1) is 0 Å². The standard InChI is InChI=1S/C15H30N2O4/c1-12(2)17(10-11-21-5)14(20)16-9-8-15(3,4)7-6-13(18)19/h12H,6-11H2,1-5H3,(H,16,20)(H,18,19). The molecule has 2 N–H and O–H groups in total. The Bertz CT molecular complexity index is 330. The first-order valence-corrected chi connectivity index (χ1v) is 7.45. The number of carbonyl (C=O) groups is 2. The monoisotopic (exact) mass is 302 g/mol. The van der Waals surface area contributed by atoms with Gasteiger partial charge >= 0.3 is 12.0 Å². The normalized spacial score (nSPS) is 11.5. The number of urea groups is 1. The van der Waals surface area contributed by atoms with E-state index in [1.807, 2.05) is 27.7 Å². The number of carboxylic acid groups (broad SMARTS) is 1. The highest BCUT2D eigenvalue weighted by molar-refractivity contribution is 5.74. The lowest BCUT2D eigenvalue weighted by atomic mass is 9.84. The lowest BCUT2D eigenvalue weighted by Gasteiger charge is -2.28. The average molecular weight is 302 g/mol. The number of carbonyl (C=O) groups excluding carboxylic acids is 1. The average Bonchev–Trinajstić information content (AvgIpc) is 2.36. The molecule has 0 aliphatic heterocycles. The van der Waals surface area contributed by atoms with Gasteiger partial charge in [0.2, 0.25) is 0 Å². The third-order valence-corrected chi connectivity index (χ3v) is 3.51. The summed E-state index contributed by atoms with van der Waals surface area (Å²) in [5, 5.41) is 11.6. The molecule has 0 saturated carbocycles. The number of nitrogens with one attached hydrogen (secondary N) is 1. The molecule has 0 aliphatic carbocycles. The van der Waals surface area contributed by atoms with E-state index in [2.05, 4.69) is 5.32 Å². The second kappa shape index (κ2) is 9.60. The topological polar surface area (TPSA) is 78.9 Å². The van der Waals surface area contributed by atoms with Crippen molar-refractivity contribution in [2.24, 2.45) is 5.41 Å². The number of carboxylic acids is 1. The van der Waals surface area contributed by atoms with E-state index in [0.717, 1.165) is 6.42 Å². The van der Waals surface area contributed by atoms with Crippen molar-refractivity contribution in [1.29, 1.82) is 0 Å². The van der Waals surface area contributed by atoms with E-state index < -0.39 is 5.97 Å². The molecule has 0 aromatic rings. The van der Waals surface area contributed by atoms with Gasteiger partial charge in [-0.05, 0) is 32.1 Å². The maximum atomic E-state index is 12.1. The summed E-state index contributed by atoms with van der Waals surface area (Å²) in [6.45, 7) is 9.58. The fraction of sp³-hybridized carbons (Fsp3) is 0.867. The van der Waals surface area contributed by atoms with Gasteiger partial charge in [0.15, 0.2) is 0 Å². The van der Waals surface area contributed by atoms with Crippen molar-refractivity contribution in [3.63, 3.8) is 0 Å². The first kappa shape index (κ1) is 19.7. The Morgan fingerprint density at radius 2 is 1.90 bits per heavy atom. The zero-order valence-corrected chi connectivity index (χ0v) is 13.9. The number of aliphatic carboxylic acids is 1. The summed E-state index contributed by atoms with van der Waals surface area (Å²) in [4.78, 5) is 24.4. The van der Waals surface area contributed by atoms with Gasteiger partial charge in [0.05, 0.1) is 6.61 Å². The first-order chi connectivity index (χ1) is 9.69. The predicted octanol–water partition coefficient (Wildman–Crippen LogP) is 2.33. The fourth-order valence-corrected chi connectivity index (χ4v) is 1.96. The molecule has 0 fully saturated rings. The van der Waals surface area contributed by atoms with Crippen molar-refractivity contribution >= 4 is 12.0 Å². The van der Waals surface area contributed by atoms with Crippen LogP contribution in [0.2, 0.25) is 0 Å². The lowest BCUT2D eigenvalue weighted by molar-refractivity contribution is -0.137. The molecule has 21 heavy (non-hydrogen) atoms. The van der Waals surface area contributed by atoms with Crippen LogP contribution < -0.4 is 5.32 Å². The fourth-order valence-electron chi connectivity index (χ4n) is 1.96. The first-order valence-electron chi connectivity index (χ1n) is 7.45. The summed E-state index contributed by atoms with van der Waals surface area (Å²) >= 11 is 0. The molecule has 0 aliphatic rings. The minimum atomic E-state index is -0.780. The van der Waals surface area contributed by atoms with Crippen molar-refractivity contribution in [2.75, 3.05) is 26.8 Å². The highest BCUT2D eigenvalue weighted by atomic mass is 16.5. The number of methoxy groups -OCH3 is 1. The number of rotatable bonds is 10. The van der Waals surface area contributed by atoms with Crippen LogP contribution in [0.15, 0.2) is 0 Å². The Kier molecular flexibility index (Phi) is 9.01. The number of hydrogen-bond donors (Lipinski definition) is 2. The van der Waals surface area contributed by atoms with Crippen LogP contribution in [0.4, 0.5) is 4.79 Å². The maximum absolute atomic E-state index is 12.1. The molecule has 0 atom stereocenters. The molecule has 2 amide bonds. The van der Waals surface area contributed by atoms with Gasteiger partial charge in [-0.1, -0.05) is 13.8 Å². The Morgan fingerprint density at radius 1 is 1.29 bits per heavy atom. The number of nitrogens with zero attached hydrogens (tertiary/aromatic N) is 1. The second-order valence-electron chi connectivity index (χ2n) is 6.32. The van der Waals surface area contributed by atoms with Crippen LogP contribution in [0.1, 0.15) is 47.0 Å². The summed E-state index contributed by atoms with van der Waals surface area (Å²) in [5.74, 6) is -0.780. The summed E-state index contributed by atoms with van der Waals surface area (Å²) < 4.78 is 5.01. The molecule has 0 aromatic heterocycles. The van der Waals surface area contributed by atoms with E-state index in [9.17, 15) is 9.59 Å². The van der Waals surface area contributed by atoms with Crippen molar-refractivity contribution in [3.05, 3.63) is 0 Å². The Morgan fingerprint density at radius 3 is 2.38 bits per heavy atom. The van der Waals surface area contributed by atoms with Gasteiger partial charge in [0.25, 0.3) is 0 Å². The molecular formula is C15H30N2O4. The van der Waals surface area contributed by atoms with Gasteiger partial charge in [-0.3, -0.25) is 4.79 Å². The highest BCUT2D eigenvalue weighted by Crippen LogP contribution is 2.26. The molecular weight excluding hydrogens is 272 g/mol. The molecule has 0 bridgehead atoms. The maximum Gasteiger partial charge on any atom is 0.317 e. The number of ether oxygens (including phenoxy) is 1. The second-order valence-corrected chi connectivity index (χ2v) is 6.32. The number of amides is 2. The zero-order chi connectivity index (χ0) is 16.5. The quantitative estimate of drug-likeness (QED) is 0.649. The van der Waals surface area contributed by atoms with Gasteiger partial charge < -0.3 is 20.1 Å². The smallest absolute Gasteiger partial charge is 0.317 e. The van der Waals surface area contributed by atoms with Crippen molar-refractivity contribution < 1.29 is 19.4 Å². The van der Waals surface area contributed by atoms with Crippen LogP contribution in [-0.2, 0) is 9.53 Å². The molecule has 0 aromatic carbocycles. The van der Waals surface area contributed by atoms with Crippen LogP contribution >= 0.6 is 0 Å². The molecule has 0 saturated heterocycles. The zero-order valence-electron chi connectivity index (χ0n) is 13.9. The lowest BCUT2D eigenvalue weighted by Crippen LogP contribution is -2.46. The minimum absolute atomic E-state index is 0.0964. The Labute approximate surface area is 127 Å². The largest absolute Gasteiger partial charge is 0.481 e. The molecule has 0 heterocycles. The highest BCUT2D eigenvalue weighted by Gasteiger charge is 2.21. The van der Waals surface area contributed by atoms with Crippen LogP contribution in [0.25, 0.3) is 0 Å². The van der Waals surface area contributed by atoms with E-state index in [4.69, 9.17) is 9.84 Å². The number of hydrogen-bond acceptors (Lipinski definition) is 3. The molecule has 0 radical (unpaired) electrons. The van der Waals surface area contributed by atoms with Crippen LogP contribution in [0.3, 0.4) is 0 Å². The van der Waals surface area contributed by atoms with Crippen molar-refractivity contribution in [2.45, 2.75) is 53.0 Å². The SMILES string of the molecule is COCCN(C(=O)NCCC(C)(C)CCC(=O)O)C(C)C. The third-order valence-electron chi connectivity index (χ3n) is 3.51. The molecule has 6 heteroatoms. The van der Waals surface area contributed by atoms with E-state index in [-0.39, 0.29) is 23.9 Å². The van der Waals surface area contributed by atoms with E-state index in [0.29, 0.717) is 26.1 Å². The van der Waals surface area contributed by atoms with E-state index in [1.165, 1.54) is 0 Å². The van der Waals surface area contributed by atoms with Gasteiger partial charge in [-0.25, -0.2) is 4.79 Å². The molecule has 0 rings (SSSR count). The van der Waals surface area contributed by atoms with Crippen LogP contribution in [0.5, 0.6) is 0 Å². The summed E-state index contributed by atoms with van der Waals surface area (Å²) in [7, 11) is 1.61. The summed E-state index contributed by atoms with van der Waals surface area (Å²) in [6, 6.07) is 0.0104. The van der Waals surface area contributed by atoms with Gasteiger partial charge in [-0.2, -0.15) is 0 Å². The molecule has 124 valence electrons. The summed E-state index contributed by atoms with van der Waals surface area (Å²) in [6.07, 6.45) is 1.52. The van der Waals surface area contributed by atoms with Gasteiger partial charge in [0.1, 0.15) is 0 Å². The van der Waals surface area contributed by atoms with Crippen LogP contribution in [0, 0.1) is 5.41 Å². The summed E-state index contributed by atoms with van der Waals surface area (Å²) in [5.41, 5.74) is -0.0964. The molecule has 0 spiro atoms. The molecule has 0 unspecified atom stereocenters. The van der Waals surface area contributed by atoms with Crippen molar-refractivity contribution in [1.82, 2.24) is 10.2 Å². The molecule has 6 nitrogen and oxygen atoms in total. The minimum Gasteiger partial charge on any atom is -0.481 e. The Balaban J connectivity index is 4.18. The van der Waals surface area contributed by atoms with Crippen molar-refractivity contribution in [3.8, 4) is 0 Å².